The number of hydrogen-bond acceptors (Lipinski definition) is 5. The first-order valence-electron chi connectivity index (χ1n) is 5.57. The number of nitrogens with zero attached hydrogens (tertiary/aromatic N) is 1. The maximum atomic E-state index is 11.2. The van der Waals surface area contributed by atoms with Crippen LogP contribution in [0.25, 0.3) is 0 Å². The van der Waals surface area contributed by atoms with Gasteiger partial charge in [0.1, 0.15) is 5.78 Å². The standard InChI is InChI=1S/C12H13NO5/c1-8(14)4-10(6-13(15)16)9-2-3-11-12(5-9)18-7-17-11/h2-3,5,10H,4,6-7H2,1H3. The monoisotopic (exact) mass is 251 g/mol. The highest BCUT2D eigenvalue weighted by atomic mass is 16.7. The molecule has 0 bridgehead atoms. The summed E-state index contributed by atoms with van der Waals surface area (Å²) in [6.45, 7) is 1.32. The van der Waals surface area contributed by atoms with E-state index in [-0.39, 0.29) is 25.5 Å². The largest absolute Gasteiger partial charge is 0.454 e. The Hall–Kier alpha value is -2.11. The van der Waals surface area contributed by atoms with Crippen LogP contribution in [0.15, 0.2) is 18.2 Å². The fraction of sp³-hybridized carbons (Fsp3) is 0.417. The molecule has 1 atom stereocenters. The summed E-state index contributed by atoms with van der Waals surface area (Å²) in [6, 6.07) is 5.16. The molecule has 0 fully saturated rings. The van der Waals surface area contributed by atoms with Crippen LogP contribution in [0, 0.1) is 10.1 Å². The van der Waals surface area contributed by atoms with Crippen molar-refractivity contribution < 1.29 is 19.2 Å². The van der Waals surface area contributed by atoms with Crippen molar-refractivity contribution in [2.45, 2.75) is 19.3 Å². The number of benzene rings is 1. The summed E-state index contributed by atoms with van der Waals surface area (Å²) in [5.74, 6) is 0.706. The molecule has 0 aliphatic carbocycles. The van der Waals surface area contributed by atoms with Crippen LogP contribution in [-0.2, 0) is 4.79 Å². The normalized spacial score (nSPS) is 14.3. The van der Waals surface area contributed by atoms with Crippen molar-refractivity contribution in [3.8, 4) is 11.5 Å². The Balaban J connectivity index is 2.24. The maximum Gasteiger partial charge on any atom is 0.231 e. The zero-order chi connectivity index (χ0) is 13.1. The third kappa shape index (κ3) is 2.77. The van der Waals surface area contributed by atoms with Crippen molar-refractivity contribution in [3.05, 3.63) is 33.9 Å². The lowest BCUT2D eigenvalue weighted by atomic mass is 9.94. The van der Waals surface area contributed by atoms with E-state index in [1.807, 2.05) is 0 Å². The van der Waals surface area contributed by atoms with Crippen molar-refractivity contribution in [2.75, 3.05) is 13.3 Å². The molecule has 1 aromatic carbocycles. The van der Waals surface area contributed by atoms with E-state index in [4.69, 9.17) is 9.47 Å². The van der Waals surface area contributed by atoms with Gasteiger partial charge in [0.15, 0.2) is 11.5 Å². The van der Waals surface area contributed by atoms with Crippen molar-refractivity contribution in [2.24, 2.45) is 0 Å². The van der Waals surface area contributed by atoms with Crippen molar-refractivity contribution in [3.63, 3.8) is 0 Å². The second-order valence-corrected chi connectivity index (χ2v) is 4.23. The molecule has 0 N–H and O–H groups in total. The minimum absolute atomic E-state index is 0.0699. The Morgan fingerprint density at radius 1 is 1.44 bits per heavy atom. The summed E-state index contributed by atoms with van der Waals surface area (Å²) in [5.41, 5.74) is 0.728. The summed E-state index contributed by atoms with van der Waals surface area (Å²) in [7, 11) is 0. The van der Waals surface area contributed by atoms with Crippen molar-refractivity contribution >= 4 is 5.78 Å². The second-order valence-electron chi connectivity index (χ2n) is 4.23. The van der Waals surface area contributed by atoms with Gasteiger partial charge in [0.2, 0.25) is 13.3 Å². The summed E-state index contributed by atoms with van der Waals surface area (Å²) in [5, 5.41) is 10.6. The summed E-state index contributed by atoms with van der Waals surface area (Å²) < 4.78 is 10.4. The lowest BCUT2D eigenvalue weighted by Gasteiger charge is -2.12. The Morgan fingerprint density at radius 2 is 2.17 bits per heavy atom. The van der Waals surface area contributed by atoms with Gasteiger partial charge in [0, 0.05) is 11.3 Å². The molecule has 0 saturated heterocycles. The van der Waals surface area contributed by atoms with E-state index >= 15 is 0 Å². The fourth-order valence-electron chi connectivity index (χ4n) is 1.98. The van der Waals surface area contributed by atoms with E-state index in [9.17, 15) is 14.9 Å². The molecular weight excluding hydrogens is 238 g/mol. The molecule has 2 rings (SSSR count). The average molecular weight is 251 g/mol. The summed E-state index contributed by atoms with van der Waals surface area (Å²) in [6.07, 6.45) is 0.153. The molecule has 0 amide bonds. The van der Waals surface area contributed by atoms with Crippen LogP contribution in [0.1, 0.15) is 24.8 Å². The maximum absolute atomic E-state index is 11.2. The number of ether oxygens (including phenoxy) is 2. The highest BCUT2D eigenvalue weighted by Crippen LogP contribution is 2.35. The fourth-order valence-corrected chi connectivity index (χ4v) is 1.98. The first-order chi connectivity index (χ1) is 8.56. The number of rotatable bonds is 5. The highest BCUT2D eigenvalue weighted by molar-refractivity contribution is 5.76. The smallest absolute Gasteiger partial charge is 0.231 e. The molecular formula is C12H13NO5. The Morgan fingerprint density at radius 3 is 2.83 bits per heavy atom. The van der Waals surface area contributed by atoms with Gasteiger partial charge in [-0.1, -0.05) is 6.07 Å². The molecule has 6 heteroatoms. The van der Waals surface area contributed by atoms with Gasteiger partial charge < -0.3 is 14.3 Å². The number of Topliss-reactive ketones (excluding diaryl/α,β-unsaturated/α-hetero) is 1. The lowest BCUT2D eigenvalue weighted by Crippen LogP contribution is -2.15. The third-order valence-corrected chi connectivity index (χ3v) is 2.77. The van der Waals surface area contributed by atoms with Gasteiger partial charge >= 0.3 is 0 Å². The van der Waals surface area contributed by atoms with E-state index in [0.717, 1.165) is 5.56 Å². The van der Waals surface area contributed by atoms with Gasteiger partial charge in [-0.15, -0.1) is 0 Å². The molecule has 0 aromatic heterocycles. The number of nitro groups is 1. The molecule has 1 unspecified atom stereocenters. The number of fused-ring (bicyclic) bond motifs is 1. The predicted octanol–water partition coefficient (Wildman–Crippen LogP) is 1.75. The van der Waals surface area contributed by atoms with Gasteiger partial charge in [-0.2, -0.15) is 0 Å². The first kappa shape index (κ1) is 12.3. The van der Waals surface area contributed by atoms with Crippen LogP contribution < -0.4 is 9.47 Å². The minimum atomic E-state index is -0.424. The number of carbonyl (C=O) groups is 1. The van der Waals surface area contributed by atoms with Crippen LogP contribution in [0.2, 0.25) is 0 Å². The van der Waals surface area contributed by atoms with Crippen molar-refractivity contribution in [1.82, 2.24) is 0 Å². The molecule has 0 spiro atoms. The molecule has 0 radical (unpaired) electrons. The Labute approximate surface area is 104 Å². The molecule has 18 heavy (non-hydrogen) atoms. The summed E-state index contributed by atoms with van der Waals surface area (Å²) in [4.78, 5) is 21.4. The molecule has 0 saturated carbocycles. The van der Waals surface area contributed by atoms with Gasteiger partial charge in [-0.25, -0.2) is 0 Å². The van der Waals surface area contributed by atoms with E-state index < -0.39 is 10.8 Å². The Kier molecular flexibility index (Phi) is 3.45. The van der Waals surface area contributed by atoms with Gasteiger partial charge in [-0.05, 0) is 24.6 Å². The van der Waals surface area contributed by atoms with E-state index in [1.54, 1.807) is 18.2 Å². The van der Waals surface area contributed by atoms with Crippen LogP contribution in [0.4, 0.5) is 0 Å². The minimum Gasteiger partial charge on any atom is -0.454 e. The Bertz CT molecular complexity index is 469. The van der Waals surface area contributed by atoms with Gasteiger partial charge in [0.25, 0.3) is 0 Å². The number of ketones is 1. The molecule has 1 aromatic rings. The SMILES string of the molecule is CC(=O)CC(C[N+](=O)[O-])c1ccc2c(c1)OCO2. The lowest BCUT2D eigenvalue weighted by molar-refractivity contribution is -0.483. The number of hydrogen-bond donors (Lipinski definition) is 0. The predicted molar refractivity (Wildman–Crippen MR) is 62.5 cm³/mol. The number of carbonyl (C=O) groups excluding carboxylic acids is 1. The average Bonchev–Trinajstić information content (AvgIpc) is 2.73. The zero-order valence-electron chi connectivity index (χ0n) is 9.92. The molecule has 1 heterocycles. The van der Waals surface area contributed by atoms with Crippen LogP contribution in [0.5, 0.6) is 11.5 Å². The topological polar surface area (TPSA) is 78.7 Å². The second kappa shape index (κ2) is 5.03. The van der Waals surface area contributed by atoms with Crippen LogP contribution in [-0.4, -0.2) is 24.0 Å². The van der Waals surface area contributed by atoms with Crippen LogP contribution in [0.3, 0.4) is 0 Å². The van der Waals surface area contributed by atoms with Crippen molar-refractivity contribution in [1.29, 1.82) is 0 Å². The molecule has 96 valence electrons. The van der Waals surface area contributed by atoms with E-state index in [1.165, 1.54) is 6.92 Å². The molecule has 1 aliphatic rings. The molecule has 6 nitrogen and oxygen atoms in total. The highest BCUT2D eigenvalue weighted by Gasteiger charge is 2.22. The van der Waals surface area contributed by atoms with Gasteiger partial charge in [0.05, 0.1) is 5.92 Å². The van der Waals surface area contributed by atoms with Gasteiger partial charge in [-0.3, -0.25) is 10.1 Å². The van der Waals surface area contributed by atoms with Crippen LogP contribution >= 0.6 is 0 Å². The van der Waals surface area contributed by atoms with E-state index in [2.05, 4.69) is 0 Å². The molecule has 1 aliphatic heterocycles. The first-order valence-corrected chi connectivity index (χ1v) is 5.57. The quantitative estimate of drug-likeness (QED) is 0.588. The third-order valence-electron chi connectivity index (χ3n) is 2.77. The summed E-state index contributed by atoms with van der Waals surface area (Å²) >= 11 is 0. The van der Waals surface area contributed by atoms with E-state index in [0.29, 0.717) is 11.5 Å². The zero-order valence-corrected chi connectivity index (χ0v) is 9.92.